The van der Waals surface area contributed by atoms with Crippen LogP contribution in [0.25, 0.3) is 0 Å². The van der Waals surface area contributed by atoms with Crippen molar-refractivity contribution in [2.24, 2.45) is 0 Å². The van der Waals surface area contributed by atoms with Crippen LogP contribution in [-0.4, -0.2) is 61.1 Å². The lowest BCUT2D eigenvalue weighted by Crippen LogP contribution is -2.42. The maximum Gasteiger partial charge on any atom is 0.461 e. The molecule has 0 atom stereocenters. The van der Waals surface area contributed by atoms with E-state index >= 15 is 0 Å². The summed E-state index contributed by atoms with van der Waals surface area (Å²) in [5.74, 6) is 0.441. The first-order valence-corrected chi connectivity index (χ1v) is 9.44. The minimum atomic E-state index is -0.453. The third-order valence-electron chi connectivity index (χ3n) is 5.38. The molecule has 0 radical (unpaired) electrons. The van der Waals surface area contributed by atoms with Gasteiger partial charge in [-0.05, 0) is 80.2 Å². The molecule has 2 aliphatic rings. The van der Waals surface area contributed by atoms with E-state index in [2.05, 4.69) is 37.9 Å². The quantitative estimate of drug-likeness (QED) is 0.787. The first kappa shape index (κ1) is 20.5. The van der Waals surface area contributed by atoms with Gasteiger partial charge >= 0.3 is 13.2 Å². The molecular formula is C18H35BN2O4. The minimum absolute atomic E-state index is 0.105. The van der Waals surface area contributed by atoms with Crippen molar-refractivity contribution < 1.29 is 18.8 Å². The second-order valence-electron chi connectivity index (χ2n) is 9.23. The number of hydrogen-bond donors (Lipinski definition) is 1. The van der Waals surface area contributed by atoms with Gasteiger partial charge in [0.15, 0.2) is 0 Å². The molecule has 7 heteroatoms. The zero-order valence-corrected chi connectivity index (χ0v) is 17.0. The van der Waals surface area contributed by atoms with Gasteiger partial charge in [0.25, 0.3) is 0 Å². The van der Waals surface area contributed by atoms with Crippen LogP contribution in [0.15, 0.2) is 0 Å². The second-order valence-corrected chi connectivity index (χ2v) is 9.23. The van der Waals surface area contributed by atoms with Crippen LogP contribution < -0.4 is 5.32 Å². The number of rotatable bonds is 4. The Bertz CT molecular complexity index is 452. The van der Waals surface area contributed by atoms with Gasteiger partial charge in [-0.25, -0.2) is 4.79 Å². The largest absolute Gasteiger partial charge is 0.461 e. The second kappa shape index (κ2) is 7.45. The molecule has 0 spiro atoms. The first-order valence-electron chi connectivity index (χ1n) is 9.44. The maximum atomic E-state index is 11.7. The van der Waals surface area contributed by atoms with E-state index < -0.39 is 5.60 Å². The summed E-state index contributed by atoms with van der Waals surface area (Å²) in [4.78, 5) is 14.0. The number of carbonyl (C=O) groups excluding carboxylic acids is 1. The fraction of sp³-hybridized carbons (Fsp3) is 0.944. The standard InChI is InChI=1S/C18H35BN2O4/c1-16(2,3)23-15(22)20-10-13-21-11-8-14(9-12-21)19-24-17(4,5)18(6,7)25-19/h14H,8-13H2,1-7H3,(H,20,22). The van der Waals surface area contributed by atoms with E-state index in [9.17, 15) is 4.79 Å². The van der Waals surface area contributed by atoms with Crippen LogP contribution >= 0.6 is 0 Å². The molecule has 0 aromatic rings. The Morgan fingerprint density at radius 2 is 1.68 bits per heavy atom. The summed E-state index contributed by atoms with van der Waals surface area (Å²) in [6, 6.07) is 0. The van der Waals surface area contributed by atoms with Crippen molar-refractivity contribution in [3.63, 3.8) is 0 Å². The van der Waals surface area contributed by atoms with Gasteiger partial charge in [0.1, 0.15) is 5.60 Å². The van der Waals surface area contributed by atoms with Gasteiger partial charge in [-0.3, -0.25) is 0 Å². The van der Waals surface area contributed by atoms with E-state index in [-0.39, 0.29) is 24.4 Å². The van der Waals surface area contributed by atoms with Gasteiger partial charge in [0.2, 0.25) is 0 Å². The van der Waals surface area contributed by atoms with Crippen LogP contribution in [0, 0.1) is 0 Å². The summed E-state index contributed by atoms with van der Waals surface area (Å²) in [5, 5.41) is 2.82. The summed E-state index contributed by atoms with van der Waals surface area (Å²) in [6.07, 6.45) is 1.77. The molecule has 0 bridgehead atoms. The van der Waals surface area contributed by atoms with Crippen LogP contribution in [0.3, 0.4) is 0 Å². The third-order valence-corrected chi connectivity index (χ3v) is 5.38. The summed E-state index contributed by atoms with van der Waals surface area (Å²) in [5.41, 5.74) is -0.969. The molecule has 1 amide bonds. The molecular weight excluding hydrogens is 319 g/mol. The molecule has 0 aromatic carbocycles. The number of piperidine rings is 1. The molecule has 0 aliphatic carbocycles. The molecule has 0 aromatic heterocycles. The van der Waals surface area contributed by atoms with Gasteiger partial charge in [-0.1, -0.05) is 0 Å². The number of ether oxygens (including phenoxy) is 1. The Balaban J connectivity index is 1.68. The summed E-state index contributed by atoms with van der Waals surface area (Å²) in [7, 11) is -0.105. The van der Waals surface area contributed by atoms with Crippen LogP contribution in [-0.2, 0) is 14.0 Å². The first-order chi connectivity index (χ1) is 11.4. The van der Waals surface area contributed by atoms with Crippen molar-refractivity contribution in [2.75, 3.05) is 26.2 Å². The molecule has 2 fully saturated rings. The van der Waals surface area contributed by atoms with Crippen LogP contribution in [0.1, 0.15) is 61.3 Å². The van der Waals surface area contributed by atoms with Crippen molar-refractivity contribution in [1.29, 1.82) is 0 Å². The Kier molecular flexibility index (Phi) is 6.12. The van der Waals surface area contributed by atoms with Crippen molar-refractivity contribution in [3.8, 4) is 0 Å². The number of carbonyl (C=O) groups is 1. The highest BCUT2D eigenvalue weighted by atomic mass is 16.7. The normalized spacial score (nSPS) is 24.4. The van der Waals surface area contributed by atoms with E-state index in [1.54, 1.807) is 0 Å². The minimum Gasteiger partial charge on any atom is -0.444 e. The SMILES string of the molecule is CC(C)(C)OC(=O)NCCN1CCC(B2OC(C)(C)C(C)(C)O2)CC1. The fourth-order valence-corrected chi connectivity index (χ4v) is 3.16. The van der Waals surface area contributed by atoms with Gasteiger partial charge in [-0.2, -0.15) is 0 Å². The molecule has 1 N–H and O–H groups in total. The highest BCUT2D eigenvalue weighted by molar-refractivity contribution is 6.47. The molecule has 25 heavy (non-hydrogen) atoms. The molecule has 144 valence electrons. The monoisotopic (exact) mass is 354 g/mol. The Morgan fingerprint density at radius 1 is 1.16 bits per heavy atom. The van der Waals surface area contributed by atoms with E-state index in [0.29, 0.717) is 12.4 Å². The van der Waals surface area contributed by atoms with Gasteiger partial charge < -0.3 is 24.3 Å². The molecule has 0 saturated carbocycles. The smallest absolute Gasteiger partial charge is 0.444 e. The average molecular weight is 354 g/mol. The highest BCUT2D eigenvalue weighted by Crippen LogP contribution is 2.42. The number of nitrogens with one attached hydrogen (secondary N) is 1. The van der Waals surface area contributed by atoms with Crippen molar-refractivity contribution in [2.45, 2.75) is 83.9 Å². The van der Waals surface area contributed by atoms with Crippen molar-refractivity contribution in [1.82, 2.24) is 10.2 Å². The number of amides is 1. The number of likely N-dealkylation sites (tertiary alicyclic amines) is 1. The third kappa shape index (κ3) is 5.59. The Hall–Kier alpha value is -0.785. The summed E-state index contributed by atoms with van der Waals surface area (Å²) < 4.78 is 17.6. The summed E-state index contributed by atoms with van der Waals surface area (Å²) in [6.45, 7) is 17.5. The molecule has 2 aliphatic heterocycles. The van der Waals surface area contributed by atoms with Crippen LogP contribution in [0.5, 0.6) is 0 Å². The Labute approximate surface area is 153 Å². The molecule has 6 nitrogen and oxygen atoms in total. The van der Waals surface area contributed by atoms with Gasteiger partial charge in [0.05, 0.1) is 11.2 Å². The van der Waals surface area contributed by atoms with E-state index in [1.165, 1.54) is 0 Å². The topological polar surface area (TPSA) is 60.0 Å². The highest BCUT2D eigenvalue weighted by Gasteiger charge is 2.53. The van der Waals surface area contributed by atoms with E-state index in [0.717, 1.165) is 32.5 Å². The van der Waals surface area contributed by atoms with Crippen LogP contribution in [0.2, 0.25) is 5.82 Å². The van der Waals surface area contributed by atoms with Gasteiger partial charge in [0, 0.05) is 13.1 Å². The van der Waals surface area contributed by atoms with Crippen molar-refractivity contribution in [3.05, 3.63) is 0 Å². The van der Waals surface area contributed by atoms with Crippen molar-refractivity contribution >= 4 is 13.2 Å². The lowest BCUT2D eigenvalue weighted by atomic mass is 9.67. The zero-order chi connectivity index (χ0) is 18.9. The lowest BCUT2D eigenvalue weighted by molar-refractivity contribution is 0.00578. The van der Waals surface area contributed by atoms with E-state index in [1.807, 2.05) is 20.8 Å². The summed E-state index contributed by atoms with van der Waals surface area (Å²) >= 11 is 0. The molecule has 2 rings (SSSR count). The number of nitrogens with zero attached hydrogens (tertiary/aromatic N) is 1. The lowest BCUT2D eigenvalue weighted by Gasteiger charge is -2.32. The van der Waals surface area contributed by atoms with Crippen LogP contribution in [0.4, 0.5) is 4.79 Å². The zero-order valence-electron chi connectivity index (χ0n) is 17.0. The van der Waals surface area contributed by atoms with Gasteiger partial charge in [-0.15, -0.1) is 0 Å². The van der Waals surface area contributed by atoms with E-state index in [4.69, 9.17) is 14.0 Å². The Morgan fingerprint density at radius 3 is 2.16 bits per heavy atom. The average Bonchev–Trinajstić information content (AvgIpc) is 2.66. The number of hydrogen-bond acceptors (Lipinski definition) is 5. The molecule has 0 unspecified atom stereocenters. The maximum absolute atomic E-state index is 11.7. The molecule has 2 heterocycles. The predicted molar refractivity (Wildman–Crippen MR) is 99.7 cm³/mol. The fourth-order valence-electron chi connectivity index (χ4n) is 3.16. The number of alkyl carbamates (subject to hydrolysis) is 1. The molecule has 2 saturated heterocycles. The predicted octanol–water partition coefficient (Wildman–Crippen LogP) is 3.07.